The first-order chi connectivity index (χ1) is 8.49. The molecular weight excluding hydrogens is 346 g/mol. The smallest absolute Gasteiger partial charge is 0.180 e. The Balaban J connectivity index is 0.00000180. The maximum atomic E-state index is 5.63. The van der Waals surface area contributed by atoms with Crippen LogP contribution < -0.4 is 11.1 Å². The lowest BCUT2D eigenvalue weighted by Gasteiger charge is -2.27. The second kappa shape index (κ2) is 6.70. The van der Waals surface area contributed by atoms with E-state index in [1.54, 1.807) is 0 Å². The van der Waals surface area contributed by atoms with Gasteiger partial charge in [-0.25, -0.2) is 4.98 Å². The van der Waals surface area contributed by atoms with Crippen molar-refractivity contribution in [3.8, 4) is 0 Å². The summed E-state index contributed by atoms with van der Waals surface area (Å²) in [6.45, 7) is 5.10. The highest BCUT2D eigenvalue weighted by Crippen LogP contribution is 2.28. The number of halogens is 2. The van der Waals surface area contributed by atoms with Crippen molar-refractivity contribution >= 4 is 44.8 Å². The Morgan fingerprint density at radius 1 is 1.37 bits per heavy atom. The molecule has 0 aliphatic carbocycles. The van der Waals surface area contributed by atoms with E-state index >= 15 is 0 Å². The van der Waals surface area contributed by atoms with Crippen molar-refractivity contribution in [1.29, 1.82) is 0 Å². The summed E-state index contributed by atoms with van der Waals surface area (Å²) in [5.41, 5.74) is 6.75. The van der Waals surface area contributed by atoms with Crippen LogP contribution in [0.15, 0.2) is 34.9 Å². The Kier molecular flexibility index (Phi) is 5.80. The number of hydrogen-bond acceptors (Lipinski definition) is 4. The number of thiazole rings is 1. The fraction of sp³-hybridized carbons (Fsp3) is 0.308. The minimum Gasteiger partial charge on any atom is -0.375 e. The molecular formula is C13H17BrClN3S. The van der Waals surface area contributed by atoms with E-state index in [2.05, 4.69) is 52.2 Å². The molecule has 0 atom stereocenters. The van der Waals surface area contributed by atoms with Crippen molar-refractivity contribution in [2.75, 3.05) is 5.73 Å². The maximum absolute atomic E-state index is 5.63. The lowest BCUT2D eigenvalue weighted by Crippen LogP contribution is -2.36. The summed E-state index contributed by atoms with van der Waals surface area (Å²) in [6.07, 6.45) is 1.82. The van der Waals surface area contributed by atoms with Crippen LogP contribution in [0.4, 0.5) is 5.13 Å². The summed E-state index contributed by atoms with van der Waals surface area (Å²) in [4.78, 5) is 5.20. The van der Waals surface area contributed by atoms with E-state index in [0.717, 1.165) is 15.9 Å². The van der Waals surface area contributed by atoms with Gasteiger partial charge in [-0.3, -0.25) is 0 Å². The SMILES string of the molecule is CC(C)(NCc1cnc(N)s1)c1ccccc1Br.Cl. The average Bonchev–Trinajstić information content (AvgIpc) is 2.73. The second-order valence-electron chi connectivity index (χ2n) is 4.62. The molecule has 2 aromatic rings. The summed E-state index contributed by atoms with van der Waals surface area (Å²) in [5.74, 6) is 0. The van der Waals surface area contributed by atoms with Gasteiger partial charge in [-0.1, -0.05) is 34.1 Å². The molecule has 3 N–H and O–H groups in total. The molecule has 0 saturated carbocycles. The van der Waals surface area contributed by atoms with E-state index in [4.69, 9.17) is 5.73 Å². The molecule has 1 aromatic heterocycles. The molecule has 3 nitrogen and oxygen atoms in total. The third kappa shape index (κ3) is 4.18. The minimum atomic E-state index is -0.112. The molecule has 0 unspecified atom stereocenters. The number of nitrogens with one attached hydrogen (secondary N) is 1. The number of nitrogens with two attached hydrogens (primary N) is 1. The van der Waals surface area contributed by atoms with Gasteiger partial charge in [0, 0.05) is 27.6 Å². The highest BCUT2D eigenvalue weighted by Gasteiger charge is 2.22. The van der Waals surface area contributed by atoms with E-state index in [1.807, 2.05) is 18.3 Å². The fourth-order valence-corrected chi connectivity index (χ4v) is 3.18. The molecule has 0 fully saturated rings. The van der Waals surface area contributed by atoms with E-state index in [1.165, 1.54) is 16.9 Å². The van der Waals surface area contributed by atoms with Crippen LogP contribution >= 0.6 is 39.7 Å². The predicted octanol–water partition coefficient (Wildman–Crippen LogP) is 3.93. The molecule has 0 amide bonds. The van der Waals surface area contributed by atoms with Crippen LogP contribution in [0.5, 0.6) is 0 Å². The van der Waals surface area contributed by atoms with Gasteiger partial charge in [0.15, 0.2) is 5.13 Å². The van der Waals surface area contributed by atoms with E-state index in [0.29, 0.717) is 5.13 Å². The van der Waals surface area contributed by atoms with Gasteiger partial charge in [-0.15, -0.1) is 23.7 Å². The largest absolute Gasteiger partial charge is 0.375 e. The summed E-state index contributed by atoms with van der Waals surface area (Å²) in [5, 5.41) is 4.15. The predicted molar refractivity (Wildman–Crippen MR) is 87.8 cm³/mol. The van der Waals surface area contributed by atoms with Crippen molar-refractivity contribution < 1.29 is 0 Å². The third-order valence-corrected chi connectivity index (χ3v) is 4.34. The highest BCUT2D eigenvalue weighted by atomic mass is 79.9. The van der Waals surface area contributed by atoms with Crippen molar-refractivity contribution in [2.45, 2.75) is 25.9 Å². The number of rotatable bonds is 4. The normalized spacial score (nSPS) is 11.1. The fourth-order valence-electron chi connectivity index (χ4n) is 1.78. The highest BCUT2D eigenvalue weighted by molar-refractivity contribution is 9.10. The first-order valence-corrected chi connectivity index (χ1v) is 7.30. The first kappa shape index (κ1) is 16.4. The van der Waals surface area contributed by atoms with E-state index in [9.17, 15) is 0 Å². The standard InChI is InChI=1S/C13H16BrN3S.ClH/c1-13(2,10-5-3-4-6-11(10)14)17-8-9-7-16-12(15)18-9;/h3-7,17H,8H2,1-2H3,(H2,15,16);1H. The summed E-state index contributed by atoms with van der Waals surface area (Å²) < 4.78 is 1.12. The van der Waals surface area contributed by atoms with Gasteiger partial charge in [0.25, 0.3) is 0 Å². The van der Waals surface area contributed by atoms with Crippen LogP contribution in [-0.4, -0.2) is 4.98 Å². The van der Waals surface area contributed by atoms with E-state index < -0.39 is 0 Å². The van der Waals surface area contributed by atoms with Gasteiger partial charge in [0.05, 0.1) is 0 Å². The Hall–Kier alpha value is -0.620. The lowest BCUT2D eigenvalue weighted by atomic mass is 9.94. The molecule has 2 rings (SSSR count). The molecule has 0 spiro atoms. The zero-order valence-corrected chi connectivity index (χ0v) is 14.0. The van der Waals surface area contributed by atoms with Gasteiger partial charge in [0.1, 0.15) is 0 Å². The molecule has 6 heteroatoms. The van der Waals surface area contributed by atoms with Crippen molar-refractivity contribution in [2.24, 2.45) is 0 Å². The monoisotopic (exact) mass is 361 g/mol. The van der Waals surface area contributed by atoms with E-state index in [-0.39, 0.29) is 17.9 Å². The molecule has 0 aliphatic heterocycles. The molecule has 104 valence electrons. The summed E-state index contributed by atoms with van der Waals surface area (Å²) in [7, 11) is 0. The molecule has 1 aromatic carbocycles. The quantitative estimate of drug-likeness (QED) is 0.866. The van der Waals surface area contributed by atoms with Gasteiger partial charge in [-0.2, -0.15) is 0 Å². The molecule has 0 radical (unpaired) electrons. The maximum Gasteiger partial charge on any atom is 0.180 e. The number of aromatic nitrogens is 1. The molecule has 1 heterocycles. The summed E-state index contributed by atoms with van der Waals surface area (Å²) in [6, 6.07) is 8.25. The number of anilines is 1. The minimum absolute atomic E-state index is 0. The van der Waals surface area contributed by atoms with Crippen LogP contribution in [0.3, 0.4) is 0 Å². The zero-order chi connectivity index (χ0) is 13.2. The van der Waals surface area contributed by atoms with Crippen LogP contribution in [0.25, 0.3) is 0 Å². The third-order valence-electron chi connectivity index (χ3n) is 2.82. The Morgan fingerprint density at radius 2 is 2.05 bits per heavy atom. The van der Waals surface area contributed by atoms with Crippen LogP contribution in [0.1, 0.15) is 24.3 Å². The molecule has 0 bridgehead atoms. The number of benzene rings is 1. The van der Waals surface area contributed by atoms with Gasteiger partial charge in [-0.05, 0) is 25.5 Å². The van der Waals surface area contributed by atoms with Crippen molar-refractivity contribution in [3.05, 3.63) is 45.4 Å². The van der Waals surface area contributed by atoms with Gasteiger partial charge in [0.2, 0.25) is 0 Å². The average molecular weight is 363 g/mol. The number of nitrogens with zero attached hydrogens (tertiary/aromatic N) is 1. The number of nitrogen functional groups attached to an aromatic ring is 1. The van der Waals surface area contributed by atoms with Gasteiger partial charge >= 0.3 is 0 Å². The summed E-state index contributed by atoms with van der Waals surface area (Å²) >= 11 is 5.11. The zero-order valence-electron chi connectivity index (χ0n) is 10.8. The Bertz CT molecular complexity index is 542. The Morgan fingerprint density at radius 3 is 2.63 bits per heavy atom. The van der Waals surface area contributed by atoms with Gasteiger partial charge < -0.3 is 11.1 Å². The second-order valence-corrected chi connectivity index (χ2v) is 6.62. The van der Waals surface area contributed by atoms with Crippen molar-refractivity contribution in [1.82, 2.24) is 10.3 Å². The Labute approximate surface area is 132 Å². The molecule has 0 saturated heterocycles. The van der Waals surface area contributed by atoms with Crippen LogP contribution in [0, 0.1) is 0 Å². The lowest BCUT2D eigenvalue weighted by molar-refractivity contribution is 0.401. The topological polar surface area (TPSA) is 50.9 Å². The first-order valence-electron chi connectivity index (χ1n) is 5.69. The van der Waals surface area contributed by atoms with Crippen LogP contribution in [0.2, 0.25) is 0 Å². The van der Waals surface area contributed by atoms with Crippen LogP contribution in [-0.2, 0) is 12.1 Å². The molecule has 19 heavy (non-hydrogen) atoms. The molecule has 0 aliphatic rings. The van der Waals surface area contributed by atoms with Crippen molar-refractivity contribution in [3.63, 3.8) is 0 Å². The number of hydrogen-bond donors (Lipinski definition) is 2.